The predicted molar refractivity (Wildman–Crippen MR) is 83.0 cm³/mol. The van der Waals surface area contributed by atoms with E-state index in [1.807, 2.05) is 11.1 Å². The second-order valence-corrected chi connectivity index (χ2v) is 6.31. The quantitative estimate of drug-likeness (QED) is 0.903. The van der Waals surface area contributed by atoms with Gasteiger partial charge >= 0.3 is 0 Å². The Balaban J connectivity index is 1.83. The number of nitrogens with one attached hydrogen (secondary N) is 1. The summed E-state index contributed by atoms with van der Waals surface area (Å²) in [6.07, 6.45) is 4.14. The zero-order valence-corrected chi connectivity index (χ0v) is 13.2. The molecule has 1 amide bonds. The lowest BCUT2D eigenvalue weighted by Gasteiger charge is -2.20. The van der Waals surface area contributed by atoms with E-state index in [1.54, 1.807) is 18.3 Å². The molecule has 20 heavy (non-hydrogen) atoms. The van der Waals surface area contributed by atoms with Gasteiger partial charge in [-0.2, -0.15) is 0 Å². The van der Waals surface area contributed by atoms with Crippen molar-refractivity contribution in [2.75, 3.05) is 38.0 Å². The predicted octanol–water partition coefficient (Wildman–Crippen LogP) is 2.02. The van der Waals surface area contributed by atoms with E-state index in [9.17, 15) is 4.79 Å². The van der Waals surface area contributed by atoms with Crippen molar-refractivity contribution in [3.8, 4) is 0 Å². The first-order valence-electron chi connectivity index (χ1n) is 7.35. The van der Waals surface area contributed by atoms with Crippen molar-refractivity contribution in [1.29, 1.82) is 0 Å². The summed E-state index contributed by atoms with van der Waals surface area (Å²) < 4.78 is 0. The number of nitrogens with zero attached hydrogens (tertiary/aromatic N) is 3. The topological polar surface area (TPSA) is 48.5 Å². The van der Waals surface area contributed by atoms with Crippen molar-refractivity contribution in [1.82, 2.24) is 14.8 Å². The molecule has 0 bridgehead atoms. The second kappa shape index (κ2) is 7.59. The fourth-order valence-corrected chi connectivity index (χ4v) is 3.24. The Morgan fingerprint density at radius 3 is 3.00 bits per heavy atom. The molecule has 0 atom stereocenters. The Bertz CT molecular complexity index is 435. The summed E-state index contributed by atoms with van der Waals surface area (Å²) in [6, 6.07) is 0. The molecular weight excluding hydrogens is 272 g/mol. The van der Waals surface area contributed by atoms with Gasteiger partial charge in [0, 0.05) is 57.3 Å². The molecule has 1 aromatic rings. The highest BCUT2D eigenvalue weighted by Gasteiger charge is 2.17. The molecule has 1 fully saturated rings. The number of carbonyl (C=O) groups excluding carboxylic acids is 1. The van der Waals surface area contributed by atoms with Gasteiger partial charge in [0.15, 0.2) is 5.13 Å². The lowest BCUT2D eigenvalue weighted by Crippen LogP contribution is -2.33. The summed E-state index contributed by atoms with van der Waals surface area (Å²) in [6.45, 7) is 9.47. The highest BCUT2D eigenvalue weighted by Crippen LogP contribution is 2.20. The number of rotatable bonds is 5. The van der Waals surface area contributed by atoms with Crippen LogP contribution in [0.2, 0.25) is 0 Å². The van der Waals surface area contributed by atoms with E-state index in [0.29, 0.717) is 0 Å². The number of amides is 1. The molecule has 5 nitrogen and oxygen atoms in total. The van der Waals surface area contributed by atoms with E-state index in [1.165, 1.54) is 4.88 Å². The minimum absolute atomic E-state index is 0.190. The summed E-state index contributed by atoms with van der Waals surface area (Å²) in [5.74, 6) is 0.190. The normalized spacial score (nSPS) is 17.0. The van der Waals surface area contributed by atoms with E-state index in [4.69, 9.17) is 0 Å². The largest absolute Gasteiger partial charge is 0.362 e. The first-order valence-corrected chi connectivity index (χ1v) is 8.17. The highest BCUT2D eigenvalue weighted by atomic mass is 32.1. The molecule has 1 aliphatic rings. The molecule has 0 spiro atoms. The summed E-state index contributed by atoms with van der Waals surface area (Å²) in [5.41, 5.74) is 0. The standard InChI is InChI=1S/C14H24N4OS/c1-3-5-15-14-16-10-13(20-14)11-17-6-4-7-18(9-8-17)12(2)19/h10H,3-9,11H2,1-2H3,(H,15,16). The van der Waals surface area contributed by atoms with Gasteiger partial charge in [-0.1, -0.05) is 6.92 Å². The summed E-state index contributed by atoms with van der Waals surface area (Å²) in [7, 11) is 0. The molecule has 112 valence electrons. The van der Waals surface area contributed by atoms with Crippen LogP contribution in [0.4, 0.5) is 5.13 Å². The van der Waals surface area contributed by atoms with Crippen molar-refractivity contribution in [3.05, 3.63) is 11.1 Å². The number of hydrogen-bond acceptors (Lipinski definition) is 5. The molecule has 1 aliphatic heterocycles. The van der Waals surface area contributed by atoms with Crippen LogP contribution in [0.15, 0.2) is 6.20 Å². The van der Waals surface area contributed by atoms with Gasteiger partial charge in [-0.3, -0.25) is 9.69 Å². The maximum atomic E-state index is 11.4. The Morgan fingerprint density at radius 1 is 1.40 bits per heavy atom. The van der Waals surface area contributed by atoms with Crippen LogP contribution in [0.3, 0.4) is 0 Å². The molecule has 0 aliphatic carbocycles. The third-order valence-corrected chi connectivity index (χ3v) is 4.43. The van der Waals surface area contributed by atoms with Gasteiger partial charge < -0.3 is 10.2 Å². The number of aromatic nitrogens is 1. The molecule has 2 rings (SSSR count). The second-order valence-electron chi connectivity index (χ2n) is 5.19. The third-order valence-electron chi connectivity index (χ3n) is 3.49. The van der Waals surface area contributed by atoms with Gasteiger partial charge in [0.25, 0.3) is 0 Å². The van der Waals surface area contributed by atoms with Gasteiger partial charge in [-0.15, -0.1) is 11.3 Å². The average molecular weight is 296 g/mol. The Hall–Kier alpha value is -1.14. The summed E-state index contributed by atoms with van der Waals surface area (Å²) in [5, 5.41) is 4.34. The van der Waals surface area contributed by atoms with Crippen molar-refractivity contribution in [2.24, 2.45) is 0 Å². The maximum Gasteiger partial charge on any atom is 0.219 e. The average Bonchev–Trinajstić information content (AvgIpc) is 2.72. The minimum atomic E-state index is 0.190. The molecule has 1 aromatic heterocycles. The SMILES string of the molecule is CCCNc1ncc(CN2CCCN(C(C)=O)CC2)s1. The maximum absolute atomic E-state index is 11.4. The van der Waals surface area contributed by atoms with Crippen molar-refractivity contribution in [3.63, 3.8) is 0 Å². The van der Waals surface area contributed by atoms with Gasteiger partial charge in [0.05, 0.1) is 0 Å². The number of thiazole rings is 1. The molecule has 0 saturated carbocycles. The van der Waals surface area contributed by atoms with Crippen LogP contribution < -0.4 is 5.32 Å². The van der Waals surface area contributed by atoms with Crippen molar-refractivity contribution >= 4 is 22.4 Å². The molecule has 1 saturated heterocycles. The van der Waals surface area contributed by atoms with E-state index < -0.39 is 0 Å². The minimum Gasteiger partial charge on any atom is -0.362 e. The molecule has 1 N–H and O–H groups in total. The highest BCUT2D eigenvalue weighted by molar-refractivity contribution is 7.15. The van der Waals surface area contributed by atoms with Crippen LogP contribution in [0.5, 0.6) is 0 Å². The van der Waals surface area contributed by atoms with E-state index in [2.05, 4.69) is 22.1 Å². The van der Waals surface area contributed by atoms with Crippen molar-refractivity contribution < 1.29 is 4.79 Å². The first-order chi connectivity index (χ1) is 9.69. The van der Waals surface area contributed by atoms with E-state index in [-0.39, 0.29) is 5.91 Å². The van der Waals surface area contributed by atoms with Crippen LogP contribution in [-0.4, -0.2) is 53.4 Å². The lowest BCUT2D eigenvalue weighted by atomic mass is 10.3. The van der Waals surface area contributed by atoms with Gasteiger partial charge in [-0.25, -0.2) is 4.98 Å². The van der Waals surface area contributed by atoms with Gasteiger partial charge in [0.1, 0.15) is 0 Å². The first kappa shape index (κ1) is 15.3. The Morgan fingerprint density at radius 2 is 2.25 bits per heavy atom. The van der Waals surface area contributed by atoms with Crippen LogP contribution in [-0.2, 0) is 11.3 Å². The zero-order valence-electron chi connectivity index (χ0n) is 12.4. The Labute approximate surface area is 125 Å². The monoisotopic (exact) mass is 296 g/mol. The molecule has 0 aromatic carbocycles. The molecule has 2 heterocycles. The van der Waals surface area contributed by atoms with E-state index >= 15 is 0 Å². The smallest absolute Gasteiger partial charge is 0.219 e. The van der Waals surface area contributed by atoms with Crippen LogP contribution in [0, 0.1) is 0 Å². The molecule has 0 unspecified atom stereocenters. The number of carbonyl (C=O) groups is 1. The molecular formula is C14H24N4OS. The Kier molecular flexibility index (Phi) is 5.79. The third kappa shape index (κ3) is 4.45. The number of anilines is 1. The molecule has 6 heteroatoms. The van der Waals surface area contributed by atoms with Gasteiger partial charge in [-0.05, 0) is 12.8 Å². The van der Waals surface area contributed by atoms with Crippen LogP contribution >= 0.6 is 11.3 Å². The fourth-order valence-electron chi connectivity index (χ4n) is 2.36. The summed E-state index contributed by atoms with van der Waals surface area (Å²) >= 11 is 1.74. The lowest BCUT2D eigenvalue weighted by molar-refractivity contribution is -0.128. The zero-order chi connectivity index (χ0) is 14.4. The molecule has 0 radical (unpaired) electrons. The summed E-state index contributed by atoms with van der Waals surface area (Å²) in [4.78, 5) is 21.5. The van der Waals surface area contributed by atoms with Crippen LogP contribution in [0.1, 0.15) is 31.6 Å². The van der Waals surface area contributed by atoms with Crippen molar-refractivity contribution in [2.45, 2.75) is 33.2 Å². The number of hydrogen-bond donors (Lipinski definition) is 1. The van der Waals surface area contributed by atoms with Gasteiger partial charge in [0.2, 0.25) is 5.91 Å². The van der Waals surface area contributed by atoms with Crippen LogP contribution in [0.25, 0.3) is 0 Å². The fraction of sp³-hybridized carbons (Fsp3) is 0.714. The van der Waals surface area contributed by atoms with E-state index in [0.717, 1.165) is 57.2 Å².